The van der Waals surface area contributed by atoms with Crippen molar-refractivity contribution in [2.75, 3.05) is 19.6 Å². The maximum Gasteiger partial charge on any atom is 0.326 e. The molecule has 8 atom stereocenters. The predicted octanol–water partition coefficient (Wildman–Crippen LogP) is -3.47. The average Bonchev–Trinajstić information content (AvgIpc) is 3.87. The third kappa shape index (κ3) is 13.9. The number of aliphatic carboxylic acids is 1. The van der Waals surface area contributed by atoms with Crippen molar-refractivity contribution in [3.05, 3.63) is 35.9 Å². The van der Waals surface area contributed by atoms with Gasteiger partial charge in [-0.3, -0.25) is 38.6 Å². The summed E-state index contributed by atoms with van der Waals surface area (Å²) in [6.45, 7) is 5.03. The molecule has 0 bridgehead atoms. The van der Waals surface area contributed by atoms with Gasteiger partial charge in [-0.2, -0.15) is 0 Å². The van der Waals surface area contributed by atoms with Crippen molar-refractivity contribution >= 4 is 53.3 Å². The van der Waals surface area contributed by atoms with Crippen molar-refractivity contribution in [1.29, 1.82) is 0 Å². The van der Waals surface area contributed by atoms with Gasteiger partial charge in [0.25, 0.3) is 0 Å². The van der Waals surface area contributed by atoms with E-state index in [0.717, 1.165) is 10.5 Å². The molecule has 326 valence electrons. The van der Waals surface area contributed by atoms with Crippen LogP contribution in [-0.4, -0.2) is 141 Å². The number of aliphatic hydroxyl groups excluding tert-OH is 1. The maximum atomic E-state index is 14.2. The van der Waals surface area contributed by atoms with Crippen molar-refractivity contribution in [3.63, 3.8) is 0 Å². The number of hydrogen-bond donors (Lipinski definition) is 10. The van der Waals surface area contributed by atoms with Crippen LogP contribution in [0.1, 0.15) is 71.3 Å². The number of nitrogens with one attached hydrogen (secondary N) is 4. The second kappa shape index (κ2) is 22.4. The molecular formula is C38H59N11O10. The molecule has 0 spiro atoms. The lowest BCUT2D eigenvalue weighted by molar-refractivity contribution is -0.147. The fraction of sp³-hybridized carbons (Fsp3) is 0.605. The van der Waals surface area contributed by atoms with Gasteiger partial charge in [0.2, 0.25) is 41.4 Å². The molecule has 3 rings (SSSR count). The van der Waals surface area contributed by atoms with Crippen molar-refractivity contribution in [2.45, 2.75) is 121 Å². The number of rotatable bonds is 21. The number of guanidine groups is 1. The van der Waals surface area contributed by atoms with Crippen LogP contribution in [0.15, 0.2) is 35.3 Å². The normalized spacial score (nSPS) is 19.4. The smallest absolute Gasteiger partial charge is 0.326 e. The minimum atomic E-state index is -1.63. The van der Waals surface area contributed by atoms with Crippen LogP contribution in [0.3, 0.4) is 0 Å². The van der Waals surface area contributed by atoms with Gasteiger partial charge in [-0.05, 0) is 63.4 Å². The topological polar surface area (TPSA) is 348 Å². The van der Waals surface area contributed by atoms with Crippen molar-refractivity contribution < 1.29 is 48.6 Å². The van der Waals surface area contributed by atoms with Crippen molar-refractivity contribution in [3.8, 4) is 0 Å². The van der Waals surface area contributed by atoms with Crippen LogP contribution in [0.25, 0.3) is 0 Å². The van der Waals surface area contributed by atoms with E-state index in [2.05, 4.69) is 26.3 Å². The van der Waals surface area contributed by atoms with Gasteiger partial charge in [-0.15, -0.1) is 0 Å². The highest BCUT2D eigenvalue weighted by Crippen LogP contribution is 2.23. The molecule has 2 aliphatic rings. The van der Waals surface area contributed by atoms with Crippen LogP contribution in [-0.2, 0) is 44.8 Å². The van der Waals surface area contributed by atoms with Crippen LogP contribution in [0, 0.1) is 5.92 Å². The SMILES string of the molecule is CC(C)[C@H](NC(=O)[C@H](CCCN=C(N)N)NC(=O)[C@@H](N)Cc1ccccc1)C(=O)N1CCC[C@H]1C(=O)N[C@H](C(=O)N1CCC[C@H]1C(=O)N[C@@H](CC(N)=O)C(=O)O)[C@@H](C)O. The van der Waals surface area contributed by atoms with E-state index in [1.165, 1.54) is 11.8 Å². The molecule has 0 unspecified atom stereocenters. The van der Waals surface area contributed by atoms with E-state index in [1.54, 1.807) is 13.8 Å². The Hall–Kier alpha value is -5.83. The van der Waals surface area contributed by atoms with Crippen molar-refractivity contribution in [1.82, 2.24) is 31.1 Å². The molecule has 2 aliphatic heterocycles. The lowest BCUT2D eigenvalue weighted by Gasteiger charge is -2.33. The Morgan fingerprint density at radius 3 is 1.85 bits per heavy atom. The highest BCUT2D eigenvalue weighted by Gasteiger charge is 2.44. The van der Waals surface area contributed by atoms with E-state index >= 15 is 0 Å². The van der Waals surface area contributed by atoms with Gasteiger partial charge in [0.1, 0.15) is 36.3 Å². The molecule has 0 aliphatic carbocycles. The number of hydrogen-bond acceptors (Lipinski definition) is 11. The molecule has 2 fully saturated rings. The van der Waals surface area contributed by atoms with E-state index in [9.17, 15) is 48.6 Å². The minimum absolute atomic E-state index is 0.0576. The molecule has 2 heterocycles. The zero-order chi connectivity index (χ0) is 44.0. The number of benzene rings is 1. The summed E-state index contributed by atoms with van der Waals surface area (Å²) in [5, 5.41) is 30.3. The first-order valence-electron chi connectivity index (χ1n) is 19.7. The Morgan fingerprint density at radius 2 is 1.34 bits per heavy atom. The number of carboxylic acids is 1. The number of nitrogens with two attached hydrogens (primary N) is 4. The number of amides is 7. The Kier molecular flexibility index (Phi) is 18.0. The van der Waals surface area contributed by atoms with Crippen LogP contribution in [0.4, 0.5) is 0 Å². The molecule has 21 nitrogen and oxygen atoms in total. The van der Waals surface area contributed by atoms with Crippen LogP contribution in [0.5, 0.6) is 0 Å². The number of carboxylic acid groups (broad SMARTS) is 1. The zero-order valence-electron chi connectivity index (χ0n) is 33.7. The van der Waals surface area contributed by atoms with Gasteiger partial charge in [-0.25, -0.2) is 4.79 Å². The van der Waals surface area contributed by atoms with Crippen molar-refractivity contribution in [2.24, 2.45) is 33.8 Å². The second-order valence-corrected chi connectivity index (χ2v) is 15.2. The predicted molar refractivity (Wildman–Crippen MR) is 213 cm³/mol. The molecule has 0 aromatic heterocycles. The zero-order valence-corrected chi connectivity index (χ0v) is 33.7. The molecule has 0 saturated carbocycles. The monoisotopic (exact) mass is 829 g/mol. The average molecular weight is 830 g/mol. The van der Waals surface area contributed by atoms with Gasteiger partial charge >= 0.3 is 5.97 Å². The third-order valence-electron chi connectivity index (χ3n) is 10.2. The first kappa shape index (κ1) is 47.5. The van der Waals surface area contributed by atoms with E-state index in [0.29, 0.717) is 19.3 Å². The summed E-state index contributed by atoms with van der Waals surface area (Å²) in [6.07, 6.45) is -0.415. The lowest BCUT2D eigenvalue weighted by Crippen LogP contribution is -2.61. The molecule has 0 radical (unpaired) electrons. The first-order valence-corrected chi connectivity index (χ1v) is 19.7. The van der Waals surface area contributed by atoms with Gasteiger partial charge in [0.15, 0.2) is 5.96 Å². The summed E-state index contributed by atoms with van der Waals surface area (Å²) in [7, 11) is 0. The quantitative estimate of drug-likeness (QED) is 0.0328. The Labute approximate surface area is 342 Å². The molecule has 14 N–H and O–H groups in total. The summed E-state index contributed by atoms with van der Waals surface area (Å²) >= 11 is 0. The van der Waals surface area contributed by atoms with Crippen LogP contribution < -0.4 is 44.2 Å². The highest BCUT2D eigenvalue weighted by molar-refractivity contribution is 5.98. The van der Waals surface area contributed by atoms with E-state index < -0.39 is 108 Å². The molecule has 1 aromatic rings. The second-order valence-electron chi connectivity index (χ2n) is 15.2. The molecule has 1 aromatic carbocycles. The highest BCUT2D eigenvalue weighted by atomic mass is 16.4. The fourth-order valence-electron chi connectivity index (χ4n) is 7.05. The lowest BCUT2D eigenvalue weighted by atomic mass is 10.0. The summed E-state index contributed by atoms with van der Waals surface area (Å²) in [5.74, 6) is -7.34. The van der Waals surface area contributed by atoms with E-state index in [4.69, 9.17) is 22.9 Å². The van der Waals surface area contributed by atoms with Crippen LogP contribution >= 0.6 is 0 Å². The number of carbonyl (C=O) groups excluding carboxylic acids is 7. The molecule has 21 heteroatoms. The fourth-order valence-corrected chi connectivity index (χ4v) is 7.05. The Bertz CT molecular complexity index is 1710. The van der Waals surface area contributed by atoms with Gasteiger partial charge < -0.3 is 64.2 Å². The van der Waals surface area contributed by atoms with Crippen LogP contribution in [0.2, 0.25) is 0 Å². The van der Waals surface area contributed by atoms with Gasteiger partial charge in [-0.1, -0.05) is 44.2 Å². The summed E-state index contributed by atoms with van der Waals surface area (Å²) in [4.78, 5) is 111. The van der Waals surface area contributed by atoms with E-state index in [-0.39, 0.29) is 51.3 Å². The number of likely N-dealkylation sites (tertiary alicyclic amines) is 2. The Balaban J connectivity index is 1.74. The summed E-state index contributed by atoms with van der Waals surface area (Å²) in [6, 6.07) is 0.410. The first-order chi connectivity index (χ1) is 27.8. The minimum Gasteiger partial charge on any atom is -0.480 e. The number of aliphatic imine (C=N–C) groups is 1. The summed E-state index contributed by atoms with van der Waals surface area (Å²) < 4.78 is 0. The molecule has 2 saturated heterocycles. The number of primary amides is 1. The van der Waals surface area contributed by atoms with Gasteiger partial charge in [0, 0.05) is 19.6 Å². The largest absolute Gasteiger partial charge is 0.480 e. The number of nitrogens with zero attached hydrogens (tertiary/aromatic N) is 3. The molecule has 59 heavy (non-hydrogen) atoms. The molecule has 7 amide bonds. The third-order valence-corrected chi connectivity index (χ3v) is 10.2. The summed E-state index contributed by atoms with van der Waals surface area (Å²) in [5.41, 5.74) is 23.0. The van der Waals surface area contributed by atoms with E-state index in [1.807, 2.05) is 30.3 Å². The number of aliphatic hydroxyl groups is 1. The molecular weight excluding hydrogens is 770 g/mol. The maximum absolute atomic E-state index is 14.2. The Morgan fingerprint density at radius 1 is 0.780 bits per heavy atom. The standard InChI is InChI=1S/C38H59N11O10/c1-20(2)29(46-32(53)24(12-7-15-43-38(41)42)44-31(52)23(39)18-22-10-5-4-6-11-22)35(56)48-16-9-14-27(48)34(55)47-30(21(3)50)36(57)49-17-8-13-26(49)33(54)45-25(37(58)59)19-28(40)51/h4-6,10-11,20-21,23-27,29-30,50H,7-9,12-19,39H2,1-3H3,(H2,40,51)(H,44,52)(H,45,54)(H,46,53)(H,47,55)(H,58,59)(H4,41,42,43)/t21-,23+,24+,25+,26+,27+,29+,30+/m1/s1. The number of carbonyl (C=O) groups is 8. The van der Waals surface area contributed by atoms with Gasteiger partial charge in [0.05, 0.1) is 18.6 Å².